The first-order valence-corrected chi connectivity index (χ1v) is 9.52. The molecule has 0 unspecified atom stereocenters. The molecule has 2 N–H and O–H groups in total. The molecular formula is C23H21FN2O3. The number of amides is 1. The summed E-state index contributed by atoms with van der Waals surface area (Å²) in [6, 6.07) is 16.4. The van der Waals surface area contributed by atoms with Crippen LogP contribution in [0.1, 0.15) is 40.7 Å². The molecule has 1 heterocycles. The Kier molecular flexibility index (Phi) is 5.27. The number of benzene rings is 2. The molecule has 4 rings (SSSR count). The van der Waals surface area contributed by atoms with Crippen molar-refractivity contribution in [3.63, 3.8) is 0 Å². The van der Waals surface area contributed by atoms with Gasteiger partial charge in [-0.15, -0.1) is 0 Å². The van der Waals surface area contributed by atoms with Gasteiger partial charge >= 0.3 is 0 Å². The van der Waals surface area contributed by atoms with Crippen molar-refractivity contribution in [3.8, 4) is 11.6 Å². The van der Waals surface area contributed by atoms with Crippen LogP contribution in [0.25, 0.3) is 0 Å². The molecule has 0 radical (unpaired) electrons. The zero-order valence-electron chi connectivity index (χ0n) is 15.8. The van der Waals surface area contributed by atoms with E-state index in [1.54, 1.807) is 12.1 Å². The van der Waals surface area contributed by atoms with Crippen LogP contribution >= 0.6 is 0 Å². The molecular weight excluding hydrogens is 371 g/mol. The molecule has 1 aliphatic rings. The second kappa shape index (κ2) is 8.01. The average molecular weight is 392 g/mol. The van der Waals surface area contributed by atoms with Crippen LogP contribution < -0.4 is 10.1 Å². The lowest BCUT2D eigenvalue weighted by Gasteiger charge is -2.37. The number of rotatable bonds is 6. The van der Waals surface area contributed by atoms with E-state index in [4.69, 9.17) is 4.74 Å². The van der Waals surface area contributed by atoms with E-state index in [0.29, 0.717) is 12.3 Å². The van der Waals surface area contributed by atoms with E-state index in [0.717, 1.165) is 30.4 Å². The molecule has 0 atom stereocenters. The van der Waals surface area contributed by atoms with Crippen LogP contribution in [0.3, 0.4) is 0 Å². The van der Waals surface area contributed by atoms with Crippen molar-refractivity contribution in [3.05, 3.63) is 89.4 Å². The fourth-order valence-electron chi connectivity index (χ4n) is 3.27. The smallest absolute Gasteiger partial charge is 0.257 e. The molecule has 1 amide bonds. The number of pyridine rings is 1. The van der Waals surface area contributed by atoms with Gasteiger partial charge in [0, 0.05) is 12.7 Å². The summed E-state index contributed by atoms with van der Waals surface area (Å²) in [7, 11) is 0. The van der Waals surface area contributed by atoms with E-state index in [1.165, 1.54) is 30.5 Å². The summed E-state index contributed by atoms with van der Waals surface area (Å²) in [6.45, 7) is 0.336. The van der Waals surface area contributed by atoms with Gasteiger partial charge in [0.2, 0.25) is 5.88 Å². The summed E-state index contributed by atoms with van der Waals surface area (Å²) in [6.07, 6.45) is 4.16. The number of carbonyl (C=O) groups excluding carboxylic acids is 1. The Morgan fingerprint density at radius 3 is 2.48 bits per heavy atom. The number of hydrogen-bond donors (Lipinski definition) is 2. The number of aliphatic hydroxyl groups is 1. The fourth-order valence-corrected chi connectivity index (χ4v) is 3.27. The Labute approximate surface area is 168 Å². The Morgan fingerprint density at radius 2 is 1.83 bits per heavy atom. The van der Waals surface area contributed by atoms with Gasteiger partial charge in [0.15, 0.2) is 0 Å². The first-order chi connectivity index (χ1) is 14.0. The van der Waals surface area contributed by atoms with Gasteiger partial charge < -0.3 is 15.2 Å². The summed E-state index contributed by atoms with van der Waals surface area (Å²) in [5, 5.41) is 13.2. The van der Waals surface area contributed by atoms with Crippen molar-refractivity contribution < 1.29 is 19.0 Å². The Balaban J connectivity index is 1.41. The van der Waals surface area contributed by atoms with E-state index >= 15 is 0 Å². The number of carbonyl (C=O) groups is 1. The Hall–Kier alpha value is -3.25. The van der Waals surface area contributed by atoms with Gasteiger partial charge in [-0.2, -0.15) is 0 Å². The third-order valence-electron chi connectivity index (χ3n) is 5.17. The van der Waals surface area contributed by atoms with Crippen molar-refractivity contribution >= 4 is 5.91 Å². The molecule has 1 aromatic heterocycles. The topological polar surface area (TPSA) is 71.5 Å². The van der Waals surface area contributed by atoms with E-state index in [-0.39, 0.29) is 23.2 Å². The monoisotopic (exact) mass is 392 g/mol. The fraction of sp³-hybridized carbons (Fsp3) is 0.217. The lowest BCUT2D eigenvalue weighted by molar-refractivity contribution is -0.0388. The number of halogens is 1. The van der Waals surface area contributed by atoms with Crippen LogP contribution in [0.4, 0.5) is 4.39 Å². The number of aromatic nitrogens is 1. The van der Waals surface area contributed by atoms with Gasteiger partial charge in [0.05, 0.1) is 5.60 Å². The minimum Gasteiger partial charge on any atom is -0.438 e. The maximum absolute atomic E-state index is 13.1. The highest BCUT2D eigenvalue weighted by molar-refractivity contribution is 5.96. The molecule has 1 saturated carbocycles. The van der Waals surface area contributed by atoms with Gasteiger partial charge in [0.25, 0.3) is 5.91 Å². The highest BCUT2D eigenvalue weighted by Gasteiger charge is 2.35. The summed E-state index contributed by atoms with van der Waals surface area (Å²) in [5.41, 5.74) is 1.44. The maximum Gasteiger partial charge on any atom is 0.257 e. The predicted octanol–water partition coefficient (Wildman–Crippen LogP) is 4.31. The summed E-state index contributed by atoms with van der Waals surface area (Å²) >= 11 is 0. The largest absolute Gasteiger partial charge is 0.438 e. The minimum atomic E-state index is -0.690. The molecule has 1 aliphatic carbocycles. The van der Waals surface area contributed by atoms with Crippen LogP contribution in [-0.4, -0.2) is 16.0 Å². The summed E-state index contributed by atoms with van der Waals surface area (Å²) in [4.78, 5) is 16.8. The molecule has 5 nitrogen and oxygen atoms in total. The number of hydrogen-bond acceptors (Lipinski definition) is 4. The molecule has 2 aromatic carbocycles. The quantitative estimate of drug-likeness (QED) is 0.656. The molecule has 6 heteroatoms. The van der Waals surface area contributed by atoms with Crippen LogP contribution in [-0.2, 0) is 12.1 Å². The second-order valence-corrected chi connectivity index (χ2v) is 7.18. The maximum atomic E-state index is 13.1. The Morgan fingerprint density at radius 1 is 1.10 bits per heavy atom. The van der Waals surface area contributed by atoms with Crippen LogP contribution in [0.15, 0.2) is 66.9 Å². The van der Waals surface area contributed by atoms with Gasteiger partial charge in [-0.05, 0) is 66.8 Å². The molecule has 148 valence electrons. The van der Waals surface area contributed by atoms with Crippen molar-refractivity contribution in [1.29, 1.82) is 0 Å². The third kappa shape index (κ3) is 4.27. The molecule has 29 heavy (non-hydrogen) atoms. The van der Waals surface area contributed by atoms with E-state index < -0.39 is 5.60 Å². The normalized spacial score (nSPS) is 14.7. The van der Waals surface area contributed by atoms with E-state index in [9.17, 15) is 14.3 Å². The molecule has 1 fully saturated rings. The lowest BCUT2D eigenvalue weighted by Crippen LogP contribution is -2.33. The molecule has 0 aliphatic heterocycles. The molecule has 0 saturated heterocycles. The van der Waals surface area contributed by atoms with Gasteiger partial charge in [-0.3, -0.25) is 4.79 Å². The third-order valence-corrected chi connectivity index (χ3v) is 5.17. The van der Waals surface area contributed by atoms with Crippen molar-refractivity contribution in [2.24, 2.45) is 0 Å². The minimum absolute atomic E-state index is 0.152. The average Bonchev–Trinajstić information content (AvgIpc) is 2.73. The first kappa shape index (κ1) is 19.1. The zero-order valence-corrected chi connectivity index (χ0v) is 15.8. The Bertz CT molecular complexity index is 999. The van der Waals surface area contributed by atoms with Crippen LogP contribution in [0.5, 0.6) is 11.6 Å². The predicted molar refractivity (Wildman–Crippen MR) is 106 cm³/mol. The SMILES string of the molecule is O=C(NCc1ccc(C2(O)CCC2)cc1)c1cccnc1Oc1ccc(F)cc1. The van der Waals surface area contributed by atoms with Crippen molar-refractivity contribution in [1.82, 2.24) is 10.3 Å². The highest BCUT2D eigenvalue weighted by Crippen LogP contribution is 2.40. The van der Waals surface area contributed by atoms with Crippen LogP contribution in [0.2, 0.25) is 0 Å². The number of ether oxygens (including phenoxy) is 1. The van der Waals surface area contributed by atoms with Crippen LogP contribution in [0, 0.1) is 5.82 Å². The highest BCUT2D eigenvalue weighted by atomic mass is 19.1. The lowest BCUT2D eigenvalue weighted by atomic mass is 9.75. The summed E-state index contributed by atoms with van der Waals surface area (Å²) < 4.78 is 18.7. The standard InChI is InChI=1S/C23H21FN2O3/c24-18-8-10-19(11-9-18)29-22-20(3-1-14-25-22)21(27)26-15-16-4-6-17(7-5-16)23(28)12-2-13-23/h1,3-11,14,28H,2,12-13,15H2,(H,26,27). The van der Waals surface area contributed by atoms with Gasteiger partial charge in [-0.1, -0.05) is 24.3 Å². The van der Waals surface area contributed by atoms with Gasteiger partial charge in [-0.25, -0.2) is 9.37 Å². The second-order valence-electron chi connectivity index (χ2n) is 7.18. The number of nitrogens with one attached hydrogen (secondary N) is 1. The van der Waals surface area contributed by atoms with E-state index in [2.05, 4.69) is 10.3 Å². The summed E-state index contributed by atoms with van der Waals surface area (Å²) in [5.74, 6) is -0.147. The first-order valence-electron chi connectivity index (χ1n) is 9.52. The molecule has 3 aromatic rings. The van der Waals surface area contributed by atoms with Gasteiger partial charge in [0.1, 0.15) is 17.1 Å². The van der Waals surface area contributed by atoms with Crippen molar-refractivity contribution in [2.45, 2.75) is 31.4 Å². The number of nitrogens with zero attached hydrogens (tertiary/aromatic N) is 1. The molecule has 0 spiro atoms. The zero-order chi connectivity index (χ0) is 20.3. The molecule has 0 bridgehead atoms. The van der Waals surface area contributed by atoms with Crippen molar-refractivity contribution in [2.75, 3.05) is 0 Å². The van der Waals surface area contributed by atoms with E-state index in [1.807, 2.05) is 24.3 Å².